The Kier molecular flexibility index (Phi) is 17.8. The van der Waals surface area contributed by atoms with Crippen LogP contribution in [0.5, 0.6) is 11.5 Å². The maximum Gasteiger partial charge on any atom is 0.513 e. The van der Waals surface area contributed by atoms with Crippen LogP contribution in [0.4, 0.5) is 21.0 Å². The molecule has 17 heteroatoms. The quantitative estimate of drug-likeness (QED) is 0.0333. The molecule has 1 aliphatic rings. The first-order valence-electron chi connectivity index (χ1n) is 16.1. The van der Waals surface area contributed by atoms with Gasteiger partial charge in [0.15, 0.2) is 0 Å². The number of carbonyl (C=O) groups excluding carboxylic acids is 3. The number of hydrogen-bond donors (Lipinski definition) is 0. The molecule has 0 N–H and O–H groups in total. The lowest BCUT2D eigenvalue weighted by atomic mass is 9.97. The second kappa shape index (κ2) is 22.5. The van der Waals surface area contributed by atoms with Gasteiger partial charge in [-0.15, -0.1) is 6.42 Å². The van der Waals surface area contributed by atoms with Crippen LogP contribution in [0.2, 0.25) is 0 Å². The normalized spacial score (nSPS) is 15.2. The summed E-state index contributed by atoms with van der Waals surface area (Å²) in [5, 5.41) is 21.7. The molecule has 0 aromatic heterocycles. The van der Waals surface area contributed by atoms with Gasteiger partial charge in [0.25, 0.3) is 11.4 Å². The molecule has 1 aliphatic carbocycles. The highest BCUT2D eigenvalue weighted by Gasteiger charge is 2.44. The Morgan fingerprint density at radius 2 is 1.22 bits per heavy atom. The molecule has 0 radical (unpaired) electrons. The van der Waals surface area contributed by atoms with Crippen molar-refractivity contribution in [3.05, 3.63) is 68.8 Å². The maximum atomic E-state index is 12.6. The highest BCUT2D eigenvalue weighted by atomic mass is 16.7. The van der Waals surface area contributed by atoms with Gasteiger partial charge in [-0.3, -0.25) is 25.0 Å². The van der Waals surface area contributed by atoms with Crippen molar-refractivity contribution in [2.24, 2.45) is 17.8 Å². The van der Waals surface area contributed by atoms with Gasteiger partial charge in [0.05, 0.1) is 69.3 Å². The van der Waals surface area contributed by atoms with Gasteiger partial charge < -0.3 is 37.9 Å². The Labute approximate surface area is 293 Å². The number of ether oxygens (including phenoxy) is 8. The van der Waals surface area contributed by atoms with Crippen molar-refractivity contribution >= 4 is 29.5 Å². The molecule has 0 heterocycles. The molecule has 0 aliphatic heterocycles. The van der Waals surface area contributed by atoms with Gasteiger partial charge in [-0.25, -0.2) is 9.59 Å². The minimum Gasteiger partial charge on any atom is -0.434 e. The Balaban J connectivity index is 1.38. The van der Waals surface area contributed by atoms with Crippen LogP contribution in [-0.4, -0.2) is 94.0 Å². The smallest absolute Gasteiger partial charge is 0.434 e. The average Bonchev–Trinajstić information content (AvgIpc) is 3.87. The van der Waals surface area contributed by atoms with E-state index in [0.29, 0.717) is 52.5 Å². The Morgan fingerprint density at radius 3 is 1.73 bits per heavy atom. The summed E-state index contributed by atoms with van der Waals surface area (Å²) in [6, 6.07) is 9.78. The summed E-state index contributed by atoms with van der Waals surface area (Å²) in [7, 11) is 0. The van der Waals surface area contributed by atoms with E-state index in [1.165, 1.54) is 48.5 Å². The van der Waals surface area contributed by atoms with Gasteiger partial charge in [0.2, 0.25) is 0 Å². The molecular formula is C34H40N2O15. The van der Waals surface area contributed by atoms with Gasteiger partial charge in [-0.2, -0.15) is 0 Å². The molecule has 3 rings (SSSR count). The summed E-state index contributed by atoms with van der Waals surface area (Å²) in [5.74, 6) is 2.22. The van der Waals surface area contributed by atoms with E-state index in [0.717, 1.165) is 0 Å². The van der Waals surface area contributed by atoms with Crippen LogP contribution in [0.3, 0.4) is 0 Å². The topological polar surface area (TPSA) is 211 Å². The average molecular weight is 717 g/mol. The molecule has 2 unspecified atom stereocenters. The first kappa shape index (κ1) is 40.3. The summed E-state index contributed by atoms with van der Waals surface area (Å²) < 4.78 is 42.0. The van der Waals surface area contributed by atoms with E-state index in [1.807, 2.05) is 0 Å². The van der Waals surface area contributed by atoms with Gasteiger partial charge in [0.1, 0.15) is 23.9 Å². The number of rotatable bonds is 25. The predicted molar refractivity (Wildman–Crippen MR) is 176 cm³/mol. The van der Waals surface area contributed by atoms with Gasteiger partial charge >= 0.3 is 12.3 Å². The Morgan fingerprint density at radius 1 is 0.725 bits per heavy atom. The molecule has 0 saturated heterocycles. The standard InChI is InChI=1S/C34H40N2O15/c1-2-13-44-16-18-46-20-21-47-19-17-45-14-12-29(37)22-26-23-32(26)25(24-49-34(39)51-31-9-5-28(6-10-31)36(42)43)11-15-48-33(38)50-30-7-3-27(4-8-30)35(40)41/h1,3-10,25-26,32H,11-24H2/t25-,26?,32?/m0/s1. The molecule has 2 aromatic carbocycles. The summed E-state index contributed by atoms with van der Waals surface area (Å²) in [4.78, 5) is 57.7. The number of ketones is 1. The number of terminal acetylenes is 1. The van der Waals surface area contributed by atoms with E-state index >= 15 is 0 Å². The van der Waals surface area contributed by atoms with Crippen molar-refractivity contribution in [3.63, 3.8) is 0 Å². The molecule has 276 valence electrons. The number of hydrogen-bond acceptors (Lipinski definition) is 15. The van der Waals surface area contributed by atoms with E-state index in [-0.39, 0.29) is 85.7 Å². The highest BCUT2D eigenvalue weighted by Crippen LogP contribution is 2.48. The number of Topliss-reactive ketones (excluding diaryl/α,β-unsaturated/α-hetero) is 1. The van der Waals surface area contributed by atoms with E-state index in [1.54, 1.807) is 0 Å². The molecular weight excluding hydrogens is 676 g/mol. The number of carbonyl (C=O) groups is 3. The maximum absolute atomic E-state index is 12.6. The fourth-order valence-electron chi connectivity index (χ4n) is 4.87. The van der Waals surface area contributed by atoms with Crippen LogP contribution in [0, 0.1) is 50.3 Å². The van der Waals surface area contributed by atoms with Crippen molar-refractivity contribution in [2.45, 2.75) is 25.7 Å². The first-order chi connectivity index (χ1) is 24.7. The second-order valence-electron chi connectivity index (χ2n) is 11.2. The van der Waals surface area contributed by atoms with E-state index in [2.05, 4.69) is 5.92 Å². The largest absolute Gasteiger partial charge is 0.513 e. The van der Waals surface area contributed by atoms with Crippen LogP contribution in [0.15, 0.2) is 48.5 Å². The lowest BCUT2D eigenvalue weighted by Gasteiger charge is -2.17. The van der Waals surface area contributed by atoms with Crippen molar-refractivity contribution < 1.29 is 62.1 Å². The Bertz CT molecular complexity index is 1460. The van der Waals surface area contributed by atoms with Gasteiger partial charge in [-0.1, -0.05) is 5.92 Å². The zero-order valence-electron chi connectivity index (χ0n) is 27.8. The molecule has 1 saturated carbocycles. The molecule has 2 aromatic rings. The molecule has 51 heavy (non-hydrogen) atoms. The van der Waals surface area contributed by atoms with Gasteiger partial charge in [0, 0.05) is 37.1 Å². The van der Waals surface area contributed by atoms with Crippen molar-refractivity contribution in [1.82, 2.24) is 0 Å². The number of nitro groups is 2. The summed E-state index contributed by atoms with van der Waals surface area (Å²) in [6.07, 6.45) is 4.52. The minimum atomic E-state index is -1.03. The zero-order valence-corrected chi connectivity index (χ0v) is 27.8. The molecule has 17 nitrogen and oxygen atoms in total. The van der Waals surface area contributed by atoms with Crippen LogP contribution in [-0.2, 0) is 33.2 Å². The first-order valence-corrected chi connectivity index (χ1v) is 16.1. The van der Waals surface area contributed by atoms with Crippen LogP contribution < -0.4 is 9.47 Å². The van der Waals surface area contributed by atoms with Crippen LogP contribution >= 0.6 is 0 Å². The molecule has 0 bridgehead atoms. The van der Waals surface area contributed by atoms with Gasteiger partial charge in [-0.05, 0) is 54.9 Å². The molecule has 0 amide bonds. The minimum absolute atomic E-state index is 0.00385. The van der Waals surface area contributed by atoms with Crippen molar-refractivity contribution in [2.75, 3.05) is 66.1 Å². The summed E-state index contributed by atoms with van der Waals surface area (Å²) >= 11 is 0. The van der Waals surface area contributed by atoms with Crippen LogP contribution in [0.25, 0.3) is 0 Å². The summed E-state index contributed by atoms with van der Waals surface area (Å²) in [6.45, 7) is 2.61. The molecule has 3 atom stereocenters. The van der Waals surface area contributed by atoms with E-state index < -0.39 is 22.2 Å². The highest BCUT2D eigenvalue weighted by molar-refractivity contribution is 5.79. The lowest BCUT2D eigenvalue weighted by molar-refractivity contribution is -0.385. The fourth-order valence-corrected chi connectivity index (χ4v) is 4.87. The third-order valence-electron chi connectivity index (χ3n) is 7.52. The summed E-state index contributed by atoms with van der Waals surface area (Å²) in [5.41, 5.74) is -0.340. The van der Waals surface area contributed by atoms with Crippen LogP contribution in [0.1, 0.15) is 25.7 Å². The fraction of sp³-hybridized carbons (Fsp3) is 0.500. The second-order valence-corrected chi connectivity index (χ2v) is 11.2. The SMILES string of the molecule is C#CCOCCOCCOCCOCCC(=O)CC1CC1[C@@H](CCOC(=O)Oc1ccc([N+](=O)[O-])cc1)COC(=O)Oc1ccc([N+](=O)[O-])cc1. The molecule has 0 spiro atoms. The number of benzene rings is 2. The van der Waals surface area contributed by atoms with E-state index in [4.69, 9.17) is 44.3 Å². The third kappa shape index (κ3) is 16.4. The van der Waals surface area contributed by atoms with Crippen molar-refractivity contribution in [3.8, 4) is 23.8 Å². The van der Waals surface area contributed by atoms with Crippen molar-refractivity contribution in [1.29, 1.82) is 0 Å². The monoisotopic (exact) mass is 716 g/mol. The predicted octanol–water partition coefficient (Wildman–Crippen LogP) is 4.93. The molecule has 1 fully saturated rings. The lowest BCUT2D eigenvalue weighted by Crippen LogP contribution is -2.22. The van der Waals surface area contributed by atoms with E-state index in [9.17, 15) is 34.6 Å². The number of nitrogens with zero attached hydrogens (tertiary/aromatic N) is 2. The zero-order chi connectivity index (χ0) is 36.8. The number of nitro benzene ring substituents is 2. The number of non-ortho nitro benzene ring substituents is 2. The Hall–Kier alpha value is -5.15. The third-order valence-corrected chi connectivity index (χ3v) is 7.52.